The largest absolute Gasteiger partial charge is 0.478 e. The highest BCUT2D eigenvalue weighted by atomic mass is 79.9. The van der Waals surface area contributed by atoms with E-state index in [2.05, 4.69) is 40.1 Å². The molecule has 0 bridgehead atoms. The highest BCUT2D eigenvalue weighted by Gasteiger charge is 2.13. The maximum atomic E-state index is 11.2. The predicted molar refractivity (Wildman–Crippen MR) is 80.7 cm³/mol. The summed E-state index contributed by atoms with van der Waals surface area (Å²) >= 11 is 3.24. The van der Waals surface area contributed by atoms with Crippen molar-refractivity contribution in [3.8, 4) is 0 Å². The van der Waals surface area contributed by atoms with Crippen LogP contribution in [0.5, 0.6) is 0 Å². The van der Waals surface area contributed by atoms with Gasteiger partial charge >= 0.3 is 5.97 Å². The minimum atomic E-state index is -0.963. The Morgan fingerprint density at radius 3 is 2.84 bits per heavy atom. The van der Waals surface area contributed by atoms with E-state index in [0.29, 0.717) is 10.3 Å². The standard InChI is InChI=1S/C14H21BrN2O2/c1-3-4-5-6-7-10(2)17-13-12(14(18)19)8-11(15)9-16-13/h8-10H,3-7H2,1-2H3,(H,16,17)(H,18,19). The maximum absolute atomic E-state index is 11.2. The van der Waals surface area contributed by atoms with Gasteiger partial charge in [0.2, 0.25) is 0 Å². The number of aromatic nitrogens is 1. The molecule has 19 heavy (non-hydrogen) atoms. The molecule has 1 atom stereocenters. The van der Waals surface area contributed by atoms with Gasteiger partial charge in [-0.15, -0.1) is 0 Å². The Morgan fingerprint density at radius 2 is 2.21 bits per heavy atom. The summed E-state index contributed by atoms with van der Waals surface area (Å²) in [5.74, 6) is -0.520. The lowest BCUT2D eigenvalue weighted by atomic mass is 10.1. The number of carboxylic acids is 1. The SMILES string of the molecule is CCCCCCC(C)Nc1ncc(Br)cc1C(=O)O. The van der Waals surface area contributed by atoms with Crippen molar-refractivity contribution in [2.24, 2.45) is 0 Å². The van der Waals surface area contributed by atoms with Gasteiger partial charge in [-0.05, 0) is 35.3 Å². The van der Waals surface area contributed by atoms with Crippen LogP contribution in [0.15, 0.2) is 16.7 Å². The zero-order valence-corrected chi connectivity index (χ0v) is 13.0. The molecule has 4 nitrogen and oxygen atoms in total. The van der Waals surface area contributed by atoms with Gasteiger partial charge in [0.25, 0.3) is 0 Å². The zero-order valence-electron chi connectivity index (χ0n) is 11.4. The summed E-state index contributed by atoms with van der Waals surface area (Å²) in [5, 5.41) is 12.3. The Balaban J connectivity index is 2.58. The number of nitrogens with zero attached hydrogens (tertiary/aromatic N) is 1. The molecule has 1 heterocycles. The van der Waals surface area contributed by atoms with Crippen LogP contribution in [0, 0.1) is 0 Å². The van der Waals surface area contributed by atoms with Gasteiger partial charge in [0.15, 0.2) is 0 Å². The van der Waals surface area contributed by atoms with E-state index < -0.39 is 5.97 Å². The van der Waals surface area contributed by atoms with Gasteiger partial charge < -0.3 is 10.4 Å². The monoisotopic (exact) mass is 328 g/mol. The summed E-state index contributed by atoms with van der Waals surface area (Å²) in [7, 11) is 0. The lowest BCUT2D eigenvalue weighted by molar-refractivity contribution is 0.0697. The van der Waals surface area contributed by atoms with Crippen LogP contribution in [0.25, 0.3) is 0 Å². The van der Waals surface area contributed by atoms with E-state index in [4.69, 9.17) is 5.11 Å². The second-order valence-corrected chi connectivity index (χ2v) is 5.67. The summed E-state index contributed by atoms with van der Waals surface area (Å²) in [4.78, 5) is 15.3. The van der Waals surface area contributed by atoms with Crippen molar-refractivity contribution in [2.75, 3.05) is 5.32 Å². The van der Waals surface area contributed by atoms with E-state index in [-0.39, 0.29) is 11.6 Å². The molecule has 0 aromatic carbocycles. The number of aromatic carboxylic acids is 1. The third kappa shape index (κ3) is 5.59. The molecule has 1 rings (SSSR count). The summed E-state index contributed by atoms with van der Waals surface area (Å²) in [6, 6.07) is 1.80. The smallest absolute Gasteiger partial charge is 0.339 e. The van der Waals surface area contributed by atoms with Crippen LogP contribution in [0.2, 0.25) is 0 Å². The van der Waals surface area contributed by atoms with Crippen molar-refractivity contribution in [3.63, 3.8) is 0 Å². The third-order valence-corrected chi connectivity index (χ3v) is 3.39. The van der Waals surface area contributed by atoms with E-state index in [1.807, 2.05) is 0 Å². The molecule has 0 fully saturated rings. The zero-order chi connectivity index (χ0) is 14.3. The Kier molecular flexibility index (Phi) is 6.84. The first-order valence-electron chi connectivity index (χ1n) is 6.70. The van der Waals surface area contributed by atoms with Crippen molar-refractivity contribution in [1.82, 2.24) is 4.98 Å². The molecule has 0 aliphatic rings. The van der Waals surface area contributed by atoms with Crippen molar-refractivity contribution >= 4 is 27.7 Å². The van der Waals surface area contributed by atoms with Crippen LogP contribution in [0.4, 0.5) is 5.82 Å². The summed E-state index contributed by atoms with van der Waals surface area (Å²) < 4.78 is 0.672. The topological polar surface area (TPSA) is 62.2 Å². The highest BCUT2D eigenvalue weighted by molar-refractivity contribution is 9.10. The second kappa shape index (κ2) is 8.15. The molecular weight excluding hydrogens is 308 g/mol. The molecule has 0 amide bonds. The Hall–Kier alpha value is -1.10. The first kappa shape index (κ1) is 16.0. The normalized spacial score (nSPS) is 12.2. The predicted octanol–water partition coefficient (Wildman–Crippen LogP) is 4.31. The number of carboxylic acid groups (broad SMARTS) is 1. The van der Waals surface area contributed by atoms with Crippen LogP contribution in [0.3, 0.4) is 0 Å². The Morgan fingerprint density at radius 1 is 1.47 bits per heavy atom. The fourth-order valence-corrected chi connectivity index (χ4v) is 2.23. The lowest BCUT2D eigenvalue weighted by Crippen LogP contribution is -2.18. The van der Waals surface area contributed by atoms with Gasteiger partial charge in [-0.3, -0.25) is 0 Å². The van der Waals surface area contributed by atoms with Crippen LogP contribution in [-0.2, 0) is 0 Å². The number of unbranched alkanes of at least 4 members (excludes halogenated alkanes) is 3. The molecule has 5 heteroatoms. The number of rotatable bonds is 8. The molecule has 0 spiro atoms. The second-order valence-electron chi connectivity index (χ2n) is 4.75. The number of hydrogen-bond donors (Lipinski definition) is 2. The molecule has 0 aliphatic heterocycles. The number of halogens is 1. The minimum absolute atomic E-state index is 0.204. The van der Waals surface area contributed by atoms with Crippen molar-refractivity contribution in [1.29, 1.82) is 0 Å². The van der Waals surface area contributed by atoms with Gasteiger partial charge in [0, 0.05) is 16.7 Å². The van der Waals surface area contributed by atoms with Gasteiger partial charge in [-0.2, -0.15) is 0 Å². The van der Waals surface area contributed by atoms with Gasteiger partial charge in [-0.25, -0.2) is 9.78 Å². The number of hydrogen-bond acceptors (Lipinski definition) is 3. The minimum Gasteiger partial charge on any atom is -0.478 e. The number of anilines is 1. The van der Waals surface area contributed by atoms with Crippen LogP contribution < -0.4 is 5.32 Å². The van der Waals surface area contributed by atoms with E-state index in [0.717, 1.165) is 12.8 Å². The molecule has 2 N–H and O–H groups in total. The summed E-state index contributed by atoms with van der Waals surface area (Å²) in [6.07, 6.45) is 7.49. The molecule has 1 aromatic rings. The molecule has 1 unspecified atom stereocenters. The number of carbonyl (C=O) groups is 1. The molecule has 0 saturated heterocycles. The maximum Gasteiger partial charge on any atom is 0.339 e. The van der Waals surface area contributed by atoms with Crippen molar-refractivity contribution in [2.45, 2.75) is 52.0 Å². The number of nitrogens with one attached hydrogen (secondary N) is 1. The molecule has 1 aromatic heterocycles. The van der Waals surface area contributed by atoms with E-state index in [9.17, 15) is 4.79 Å². The quantitative estimate of drug-likeness (QED) is 0.698. The highest BCUT2D eigenvalue weighted by Crippen LogP contribution is 2.19. The fourth-order valence-electron chi connectivity index (χ4n) is 1.90. The molecule has 106 valence electrons. The van der Waals surface area contributed by atoms with Crippen LogP contribution >= 0.6 is 15.9 Å². The van der Waals surface area contributed by atoms with Gasteiger partial charge in [0.1, 0.15) is 11.4 Å². The third-order valence-electron chi connectivity index (χ3n) is 2.96. The van der Waals surface area contributed by atoms with E-state index in [1.165, 1.54) is 19.3 Å². The van der Waals surface area contributed by atoms with Gasteiger partial charge in [-0.1, -0.05) is 32.6 Å². The van der Waals surface area contributed by atoms with Crippen molar-refractivity contribution in [3.05, 3.63) is 22.3 Å². The van der Waals surface area contributed by atoms with E-state index >= 15 is 0 Å². The molecule has 0 aliphatic carbocycles. The molecular formula is C14H21BrN2O2. The Bertz CT molecular complexity index is 424. The summed E-state index contributed by atoms with van der Waals surface area (Å²) in [6.45, 7) is 4.24. The Labute approximate surface area is 122 Å². The first-order valence-corrected chi connectivity index (χ1v) is 7.49. The summed E-state index contributed by atoms with van der Waals surface area (Å²) in [5.41, 5.74) is 0.204. The van der Waals surface area contributed by atoms with Gasteiger partial charge in [0.05, 0.1) is 0 Å². The fraction of sp³-hybridized carbons (Fsp3) is 0.571. The number of pyridine rings is 1. The molecule has 0 saturated carbocycles. The molecule has 0 radical (unpaired) electrons. The van der Waals surface area contributed by atoms with Crippen LogP contribution in [0.1, 0.15) is 56.3 Å². The average Bonchev–Trinajstić information content (AvgIpc) is 2.36. The average molecular weight is 329 g/mol. The lowest BCUT2D eigenvalue weighted by Gasteiger charge is -2.16. The van der Waals surface area contributed by atoms with E-state index in [1.54, 1.807) is 12.3 Å². The van der Waals surface area contributed by atoms with Crippen LogP contribution in [-0.4, -0.2) is 22.1 Å². The van der Waals surface area contributed by atoms with Crippen molar-refractivity contribution < 1.29 is 9.90 Å². The first-order chi connectivity index (χ1) is 9.04.